The molecule has 0 atom stereocenters. The van der Waals surface area contributed by atoms with Crippen LogP contribution in [0.3, 0.4) is 0 Å². The zero-order valence-corrected chi connectivity index (χ0v) is 26.2. The molecule has 0 N–H and O–H groups in total. The number of hydrogen-bond donors (Lipinski definition) is 0. The molecule has 0 aliphatic heterocycles. The third-order valence-electron chi connectivity index (χ3n) is 7.91. The van der Waals surface area contributed by atoms with E-state index in [1.54, 1.807) is 0 Å². The standard InChI is InChI=1S/C40H32N6/c1-25-5-13-29(14-6-25)35-41-36(30-15-7-26(2)8-16-30)44-39(43-35)33-21-23-34(24-22-33)40-45-37(31-17-9-27(3)10-18-31)42-38(46-40)32-19-11-28(4)12-20-32/h5-24H,1-4H3. The number of hydrogen-bond acceptors (Lipinski definition) is 6. The monoisotopic (exact) mass is 596 g/mol. The second kappa shape index (κ2) is 12.3. The highest BCUT2D eigenvalue weighted by molar-refractivity contribution is 5.71. The van der Waals surface area contributed by atoms with Gasteiger partial charge in [-0.15, -0.1) is 0 Å². The van der Waals surface area contributed by atoms with E-state index >= 15 is 0 Å². The van der Waals surface area contributed by atoms with Crippen molar-refractivity contribution in [1.29, 1.82) is 0 Å². The van der Waals surface area contributed by atoms with Crippen molar-refractivity contribution in [2.24, 2.45) is 0 Å². The highest BCUT2D eigenvalue weighted by atomic mass is 15.0. The number of aryl methyl sites for hydroxylation is 4. The lowest BCUT2D eigenvalue weighted by Gasteiger charge is -2.10. The number of aromatic nitrogens is 6. The van der Waals surface area contributed by atoms with E-state index in [4.69, 9.17) is 29.9 Å². The van der Waals surface area contributed by atoms with Gasteiger partial charge in [0.05, 0.1) is 0 Å². The predicted octanol–water partition coefficient (Wildman–Crippen LogP) is 9.29. The largest absolute Gasteiger partial charge is 0.208 e. The van der Waals surface area contributed by atoms with Crippen LogP contribution in [-0.4, -0.2) is 29.9 Å². The molecule has 0 amide bonds. The molecule has 0 fully saturated rings. The first kappa shape index (κ1) is 28.9. The van der Waals surface area contributed by atoms with Crippen molar-refractivity contribution in [3.63, 3.8) is 0 Å². The Morgan fingerprint density at radius 1 is 0.217 bits per heavy atom. The van der Waals surface area contributed by atoms with Crippen LogP contribution < -0.4 is 0 Å². The molecule has 7 aromatic rings. The number of nitrogens with zero attached hydrogens (tertiary/aromatic N) is 6. The average Bonchev–Trinajstić information content (AvgIpc) is 3.09. The SMILES string of the molecule is Cc1ccc(-c2nc(-c3ccc(C)cc3)nc(-c3ccc(-c4nc(-c5ccc(C)cc5)nc(-c5ccc(C)cc5)n4)cc3)n2)cc1. The van der Waals surface area contributed by atoms with Crippen molar-refractivity contribution in [3.8, 4) is 68.3 Å². The Morgan fingerprint density at radius 3 is 0.500 bits per heavy atom. The zero-order chi connectivity index (χ0) is 31.6. The number of rotatable bonds is 6. The minimum absolute atomic E-state index is 0.601. The lowest BCUT2D eigenvalue weighted by molar-refractivity contribution is 1.07. The Labute approximate surface area is 269 Å². The molecular weight excluding hydrogens is 564 g/mol. The van der Waals surface area contributed by atoms with E-state index in [9.17, 15) is 0 Å². The third-order valence-corrected chi connectivity index (χ3v) is 7.91. The van der Waals surface area contributed by atoms with Gasteiger partial charge in [0.2, 0.25) is 0 Å². The van der Waals surface area contributed by atoms with Crippen LogP contribution in [0.1, 0.15) is 22.3 Å². The van der Waals surface area contributed by atoms with Gasteiger partial charge in [-0.2, -0.15) is 0 Å². The molecule has 2 heterocycles. The zero-order valence-electron chi connectivity index (χ0n) is 26.2. The summed E-state index contributed by atoms with van der Waals surface area (Å²) in [5.41, 5.74) is 10.2. The Balaban J connectivity index is 1.30. The third kappa shape index (κ3) is 6.19. The van der Waals surface area contributed by atoms with Gasteiger partial charge in [-0.25, -0.2) is 29.9 Å². The summed E-state index contributed by atoms with van der Waals surface area (Å²) < 4.78 is 0. The van der Waals surface area contributed by atoms with Crippen molar-refractivity contribution < 1.29 is 0 Å². The average molecular weight is 597 g/mol. The van der Waals surface area contributed by atoms with Crippen LogP contribution in [-0.2, 0) is 0 Å². The van der Waals surface area contributed by atoms with Gasteiger partial charge in [0, 0.05) is 33.4 Å². The summed E-state index contributed by atoms with van der Waals surface area (Å²) in [5.74, 6) is 3.73. The fraction of sp³-hybridized carbons (Fsp3) is 0.100. The highest BCUT2D eigenvalue weighted by Gasteiger charge is 2.15. The minimum Gasteiger partial charge on any atom is -0.208 e. The molecule has 0 unspecified atom stereocenters. The van der Waals surface area contributed by atoms with E-state index in [1.165, 1.54) is 22.3 Å². The molecule has 0 radical (unpaired) electrons. The summed E-state index contributed by atoms with van der Waals surface area (Å²) in [6, 6.07) is 41.1. The van der Waals surface area contributed by atoms with Gasteiger partial charge >= 0.3 is 0 Å². The highest BCUT2D eigenvalue weighted by Crippen LogP contribution is 2.29. The summed E-state index contributed by atoms with van der Waals surface area (Å²) in [6.45, 7) is 8.29. The maximum absolute atomic E-state index is 4.91. The fourth-order valence-corrected chi connectivity index (χ4v) is 5.11. The quantitative estimate of drug-likeness (QED) is 0.190. The van der Waals surface area contributed by atoms with Gasteiger partial charge in [-0.3, -0.25) is 0 Å². The van der Waals surface area contributed by atoms with Crippen LogP contribution in [0.15, 0.2) is 121 Å². The molecule has 0 spiro atoms. The molecule has 0 saturated heterocycles. The molecule has 0 aliphatic rings. The predicted molar refractivity (Wildman–Crippen MR) is 185 cm³/mol. The molecular formula is C40H32N6. The minimum atomic E-state index is 0.601. The van der Waals surface area contributed by atoms with Crippen molar-refractivity contribution in [2.45, 2.75) is 27.7 Å². The Bertz CT molecular complexity index is 1850. The first-order valence-corrected chi connectivity index (χ1v) is 15.3. The van der Waals surface area contributed by atoms with Gasteiger partial charge in [-0.1, -0.05) is 144 Å². The van der Waals surface area contributed by atoms with Crippen LogP contribution in [0.25, 0.3) is 68.3 Å². The number of benzene rings is 5. The van der Waals surface area contributed by atoms with E-state index in [-0.39, 0.29) is 0 Å². The van der Waals surface area contributed by atoms with E-state index < -0.39 is 0 Å². The van der Waals surface area contributed by atoms with E-state index in [0.717, 1.165) is 33.4 Å². The van der Waals surface area contributed by atoms with Gasteiger partial charge in [0.25, 0.3) is 0 Å². The molecule has 6 nitrogen and oxygen atoms in total. The Morgan fingerprint density at radius 2 is 0.348 bits per heavy atom. The van der Waals surface area contributed by atoms with Gasteiger partial charge in [0.1, 0.15) is 0 Å². The maximum Gasteiger partial charge on any atom is 0.164 e. The van der Waals surface area contributed by atoms with Crippen LogP contribution in [0.2, 0.25) is 0 Å². The van der Waals surface area contributed by atoms with E-state index in [1.807, 2.05) is 24.3 Å². The molecule has 7 rings (SSSR count). The Kier molecular flexibility index (Phi) is 7.69. The van der Waals surface area contributed by atoms with Crippen LogP contribution >= 0.6 is 0 Å². The van der Waals surface area contributed by atoms with Gasteiger partial charge < -0.3 is 0 Å². The smallest absolute Gasteiger partial charge is 0.164 e. The molecule has 5 aromatic carbocycles. The summed E-state index contributed by atoms with van der Waals surface area (Å²) in [5, 5.41) is 0. The van der Waals surface area contributed by atoms with Crippen molar-refractivity contribution in [2.75, 3.05) is 0 Å². The molecule has 222 valence electrons. The van der Waals surface area contributed by atoms with E-state index in [0.29, 0.717) is 34.9 Å². The first-order chi connectivity index (χ1) is 22.4. The molecule has 0 bridgehead atoms. The van der Waals surface area contributed by atoms with Crippen LogP contribution in [0, 0.1) is 27.7 Å². The summed E-state index contributed by atoms with van der Waals surface area (Å²) >= 11 is 0. The van der Waals surface area contributed by atoms with Crippen molar-refractivity contribution in [3.05, 3.63) is 144 Å². The molecule has 0 aliphatic carbocycles. The molecule has 6 heteroatoms. The van der Waals surface area contributed by atoms with Crippen LogP contribution in [0.5, 0.6) is 0 Å². The molecule has 46 heavy (non-hydrogen) atoms. The Hall–Kier alpha value is -5.88. The normalized spacial score (nSPS) is 11.0. The summed E-state index contributed by atoms with van der Waals surface area (Å²) in [7, 11) is 0. The first-order valence-electron chi connectivity index (χ1n) is 15.3. The lowest BCUT2D eigenvalue weighted by atomic mass is 10.1. The van der Waals surface area contributed by atoms with Gasteiger partial charge in [-0.05, 0) is 27.7 Å². The van der Waals surface area contributed by atoms with Crippen LogP contribution in [0.4, 0.5) is 0 Å². The maximum atomic E-state index is 4.91. The topological polar surface area (TPSA) is 77.3 Å². The van der Waals surface area contributed by atoms with Crippen molar-refractivity contribution >= 4 is 0 Å². The summed E-state index contributed by atoms with van der Waals surface area (Å²) in [6.07, 6.45) is 0. The van der Waals surface area contributed by atoms with E-state index in [2.05, 4.69) is 125 Å². The van der Waals surface area contributed by atoms with Crippen molar-refractivity contribution in [1.82, 2.24) is 29.9 Å². The molecule has 0 saturated carbocycles. The van der Waals surface area contributed by atoms with Gasteiger partial charge in [0.15, 0.2) is 34.9 Å². The molecule has 2 aromatic heterocycles. The second-order valence-electron chi connectivity index (χ2n) is 11.7. The summed E-state index contributed by atoms with van der Waals surface area (Å²) in [4.78, 5) is 29.4. The lowest BCUT2D eigenvalue weighted by Crippen LogP contribution is -2.01. The second-order valence-corrected chi connectivity index (χ2v) is 11.7. The fourth-order valence-electron chi connectivity index (χ4n) is 5.11.